The van der Waals surface area contributed by atoms with E-state index in [9.17, 15) is 18.0 Å². The zero-order valence-electron chi connectivity index (χ0n) is 20.7. The Labute approximate surface area is 221 Å². The van der Waals surface area contributed by atoms with E-state index in [1.54, 1.807) is 43.3 Å². The minimum absolute atomic E-state index is 0.0289. The molecule has 39 heavy (non-hydrogen) atoms. The summed E-state index contributed by atoms with van der Waals surface area (Å²) in [7, 11) is 0. The highest BCUT2D eigenvalue weighted by molar-refractivity contribution is 5.80. The Morgan fingerprint density at radius 2 is 1.59 bits per heavy atom. The second kappa shape index (κ2) is 10.5. The minimum Gasteiger partial charge on any atom is -0.415 e. The Kier molecular flexibility index (Phi) is 6.99. The van der Waals surface area contributed by atoms with Crippen molar-refractivity contribution in [2.75, 3.05) is 0 Å². The number of amides is 1. The summed E-state index contributed by atoms with van der Waals surface area (Å²) in [5.74, 6) is -0.330. The highest BCUT2D eigenvalue weighted by Gasteiger charge is 2.36. The van der Waals surface area contributed by atoms with E-state index in [0.29, 0.717) is 16.8 Å². The summed E-state index contributed by atoms with van der Waals surface area (Å²) in [5.41, 5.74) is 8.03. The lowest BCUT2D eigenvalue weighted by Gasteiger charge is -2.10. The van der Waals surface area contributed by atoms with Crippen LogP contribution in [-0.2, 0) is 17.5 Å². The molecule has 1 amide bonds. The SMILES string of the molecule is C[C@H](N)C(=O)NCc1cccc(-n2nc(C(F)(F)F)cc2-c2nnc(-c3ccc(-c4ccccc4)cc3)o2)c1. The number of nitrogens with one attached hydrogen (secondary N) is 1. The summed E-state index contributed by atoms with van der Waals surface area (Å²) < 4.78 is 47.8. The van der Waals surface area contributed by atoms with Gasteiger partial charge in [0.1, 0.15) is 5.69 Å². The van der Waals surface area contributed by atoms with Gasteiger partial charge in [0.25, 0.3) is 5.89 Å². The second-order valence-corrected chi connectivity index (χ2v) is 8.86. The van der Waals surface area contributed by atoms with Gasteiger partial charge in [0.05, 0.1) is 11.7 Å². The fourth-order valence-electron chi connectivity index (χ4n) is 3.90. The summed E-state index contributed by atoms with van der Waals surface area (Å²) in [6, 6.07) is 23.9. The zero-order chi connectivity index (χ0) is 27.6. The number of carbonyl (C=O) groups is 1. The molecule has 3 N–H and O–H groups in total. The zero-order valence-corrected chi connectivity index (χ0v) is 20.7. The number of benzene rings is 3. The molecule has 0 bridgehead atoms. The van der Waals surface area contributed by atoms with Gasteiger partial charge in [-0.15, -0.1) is 10.2 Å². The molecule has 0 aliphatic carbocycles. The molecule has 0 aliphatic heterocycles. The summed E-state index contributed by atoms with van der Waals surface area (Å²) in [6.45, 7) is 1.69. The highest BCUT2D eigenvalue weighted by atomic mass is 19.4. The number of hydrogen-bond acceptors (Lipinski definition) is 6. The number of carbonyl (C=O) groups excluding carboxylic acids is 1. The predicted molar refractivity (Wildman–Crippen MR) is 138 cm³/mol. The number of hydrogen-bond donors (Lipinski definition) is 2. The van der Waals surface area contributed by atoms with Crippen LogP contribution < -0.4 is 11.1 Å². The van der Waals surface area contributed by atoms with Crippen LogP contribution in [0, 0.1) is 0 Å². The molecule has 2 aromatic heterocycles. The molecular formula is C28H23F3N6O2. The Morgan fingerprint density at radius 3 is 2.28 bits per heavy atom. The van der Waals surface area contributed by atoms with Crippen molar-refractivity contribution < 1.29 is 22.4 Å². The number of nitrogens with zero attached hydrogens (tertiary/aromatic N) is 4. The lowest BCUT2D eigenvalue weighted by molar-refractivity contribution is -0.141. The lowest BCUT2D eigenvalue weighted by Crippen LogP contribution is -2.37. The Morgan fingerprint density at radius 1 is 0.923 bits per heavy atom. The molecule has 1 atom stereocenters. The average Bonchev–Trinajstić information content (AvgIpc) is 3.60. The van der Waals surface area contributed by atoms with Crippen molar-refractivity contribution in [2.45, 2.75) is 25.7 Å². The van der Waals surface area contributed by atoms with Gasteiger partial charge in [-0.1, -0.05) is 54.6 Å². The molecular weight excluding hydrogens is 509 g/mol. The highest BCUT2D eigenvalue weighted by Crippen LogP contribution is 2.34. The van der Waals surface area contributed by atoms with Crippen molar-refractivity contribution in [3.05, 3.63) is 96.2 Å². The van der Waals surface area contributed by atoms with E-state index < -0.39 is 17.9 Å². The van der Waals surface area contributed by atoms with Crippen molar-refractivity contribution in [1.82, 2.24) is 25.3 Å². The normalized spacial score (nSPS) is 12.3. The summed E-state index contributed by atoms with van der Waals surface area (Å²) in [4.78, 5) is 11.8. The fraction of sp³-hybridized carbons (Fsp3) is 0.143. The van der Waals surface area contributed by atoms with Gasteiger partial charge in [0, 0.05) is 18.2 Å². The van der Waals surface area contributed by atoms with Crippen LogP contribution >= 0.6 is 0 Å². The van der Waals surface area contributed by atoms with Crippen LogP contribution in [0.3, 0.4) is 0 Å². The van der Waals surface area contributed by atoms with E-state index in [4.69, 9.17) is 10.2 Å². The van der Waals surface area contributed by atoms with Gasteiger partial charge < -0.3 is 15.5 Å². The lowest BCUT2D eigenvalue weighted by atomic mass is 10.0. The van der Waals surface area contributed by atoms with Crippen LogP contribution in [-0.4, -0.2) is 31.9 Å². The first-order chi connectivity index (χ1) is 18.7. The fourth-order valence-corrected chi connectivity index (χ4v) is 3.90. The van der Waals surface area contributed by atoms with Gasteiger partial charge in [0.2, 0.25) is 11.8 Å². The van der Waals surface area contributed by atoms with E-state index in [1.165, 1.54) is 0 Å². The van der Waals surface area contributed by atoms with Crippen LogP contribution in [0.5, 0.6) is 0 Å². The molecule has 0 unspecified atom stereocenters. The third kappa shape index (κ3) is 5.73. The molecule has 198 valence electrons. The van der Waals surface area contributed by atoms with Crippen LogP contribution in [0.4, 0.5) is 13.2 Å². The molecule has 0 aliphatic rings. The van der Waals surface area contributed by atoms with Crippen molar-refractivity contribution in [3.8, 4) is 39.9 Å². The maximum atomic E-state index is 13.6. The first kappa shape index (κ1) is 25.9. The van der Waals surface area contributed by atoms with Gasteiger partial charge in [0.15, 0.2) is 5.69 Å². The van der Waals surface area contributed by atoms with E-state index in [2.05, 4.69) is 20.6 Å². The van der Waals surface area contributed by atoms with Gasteiger partial charge in [-0.05, 0) is 47.9 Å². The van der Waals surface area contributed by atoms with E-state index in [-0.39, 0.29) is 29.9 Å². The molecule has 5 rings (SSSR count). The monoisotopic (exact) mass is 532 g/mol. The Bertz CT molecular complexity index is 1590. The van der Waals surface area contributed by atoms with Gasteiger partial charge in [-0.2, -0.15) is 18.3 Å². The number of aromatic nitrogens is 4. The summed E-state index contributed by atoms with van der Waals surface area (Å²) >= 11 is 0. The molecule has 0 saturated heterocycles. The predicted octanol–water partition coefficient (Wildman–Crippen LogP) is 5.24. The van der Waals surface area contributed by atoms with Crippen molar-refractivity contribution in [1.29, 1.82) is 0 Å². The van der Waals surface area contributed by atoms with E-state index in [1.807, 2.05) is 42.5 Å². The average molecular weight is 533 g/mol. The molecule has 2 heterocycles. The molecule has 0 fully saturated rings. The molecule has 0 radical (unpaired) electrons. The summed E-state index contributed by atoms with van der Waals surface area (Å²) in [6.07, 6.45) is -4.70. The van der Waals surface area contributed by atoms with Gasteiger partial charge >= 0.3 is 6.18 Å². The number of alkyl halides is 3. The molecule has 11 heteroatoms. The smallest absolute Gasteiger partial charge is 0.415 e. The van der Waals surface area contributed by atoms with Crippen LogP contribution in [0.2, 0.25) is 0 Å². The Balaban J connectivity index is 1.47. The molecule has 8 nitrogen and oxygen atoms in total. The van der Waals surface area contributed by atoms with Crippen molar-refractivity contribution in [2.24, 2.45) is 5.73 Å². The van der Waals surface area contributed by atoms with Gasteiger partial charge in [-0.25, -0.2) is 4.68 Å². The second-order valence-electron chi connectivity index (χ2n) is 8.86. The minimum atomic E-state index is -4.70. The molecule has 0 spiro atoms. The number of nitrogens with two attached hydrogens (primary N) is 1. The number of rotatable bonds is 7. The van der Waals surface area contributed by atoms with Crippen LogP contribution in [0.1, 0.15) is 18.2 Å². The molecule has 0 saturated carbocycles. The third-order valence-corrected chi connectivity index (χ3v) is 5.92. The quantitative estimate of drug-likeness (QED) is 0.297. The summed E-state index contributed by atoms with van der Waals surface area (Å²) in [5, 5.41) is 14.5. The maximum absolute atomic E-state index is 13.6. The van der Waals surface area contributed by atoms with Gasteiger partial charge in [-0.3, -0.25) is 4.79 Å². The Hall–Kier alpha value is -4.77. The standard InChI is InChI=1S/C28H23F3N6O2/c1-17(32)25(38)33-16-18-6-5-9-22(14-18)37-23(15-24(36-37)28(29,30)31)27-35-34-26(39-27)21-12-10-20(11-13-21)19-7-3-2-4-8-19/h2-15,17H,16,32H2,1H3,(H,33,38)/t17-/m0/s1. The first-order valence-electron chi connectivity index (χ1n) is 12.0. The van der Waals surface area contributed by atoms with Crippen molar-refractivity contribution >= 4 is 5.91 Å². The number of halogens is 3. The van der Waals surface area contributed by atoms with Crippen LogP contribution in [0.25, 0.3) is 39.9 Å². The van der Waals surface area contributed by atoms with Crippen molar-refractivity contribution in [3.63, 3.8) is 0 Å². The largest absolute Gasteiger partial charge is 0.435 e. The molecule has 3 aromatic carbocycles. The van der Waals surface area contributed by atoms with E-state index in [0.717, 1.165) is 21.9 Å². The topological polar surface area (TPSA) is 112 Å². The van der Waals surface area contributed by atoms with Crippen LogP contribution in [0.15, 0.2) is 89.3 Å². The van der Waals surface area contributed by atoms with E-state index >= 15 is 0 Å². The molecule has 5 aromatic rings. The first-order valence-corrected chi connectivity index (χ1v) is 12.0. The third-order valence-electron chi connectivity index (χ3n) is 5.92. The maximum Gasteiger partial charge on any atom is 0.435 e.